The summed E-state index contributed by atoms with van der Waals surface area (Å²) in [5.41, 5.74) is 22.3. The molecule has 7 aromatic rings. The van der Waals surface area contributed by atoms with Crippen LogP contribution in [0.3, 0.4) is 0 Å². The molecular formula is C63H60BN3O. The van der Waals surface area contributed by atoms with Crippen molar-refractivity contribution in [2.45, 2.75) is 73.6 Å². The van der Waals surface area contributed by atoms with Crippen molar-refractivity contribution in [3.8, 4) is 11.5 Å². The lowest BCUT2D eigenvalue weighted by Gasteiger charge is -2.45. The van der Waals surface area contributed by atoms with E-state index < -0.39 is 0 Å². The first-order chi connectivity index (χ1) is 32.9. The quantitative estimate of drug-likeness (QED) is 0.101. The molecule has 68 heavy (non-hydrogen) atoms. The van der Waals surface area contributed by atoms with Crippen molar-refractivity contribution in [3.05, 3.63) is 233 Å². The molecule has 1 aliphatic carbocycles. The third-order valence-corrected chi connectivity index (χ3v) is 13.7. The van der Waals surface area contributed by atoms with Crippen LogP contribution >= 0.6 is 0 Å². The first-order valence-corrected chi connectivity index (χ1v) is 24.1. The van der Waals surface area contributed by atoms with Crippen molar-refractivity contribution in [1.29, 1.82) is 0 Å². The molecule has 3 aliphatic rings. The minimum atomic E-state index is -0.0521. The highest BCUT2D eigenvalue weighted by Crippen LogP contribution is 2.46. The van der Waals surface area contributed by atoms with Gasteiger partial charge in [-0.1, -0.05) is 130 Å². The van der Waals surface area contributed by atoms with Gasteiger partial charge < -0.3 is 19.4 Å². The summed E-state index contributed by atoms with van der Waals surface area (Å²) in [6, 6.07) is 53.5. The van der Waals surface area contributed by atoms with Crippen LogP contribution in [0, 0.1) is 27.7 Å². The van der Waals surface area contributed by atoms with Crippen LogP contribution in [0.25, 0.3) is 5.57 Å². The number of hydrogen-bond acceptors (Lipinski definition) is 4. The van der Waals surface area contributed by atoms with Crippen molar-refractivity contribution in [3.63, 3.8) is 0 Å². The molecule has 2 aliphatic heterocycles. The minimum absolute atomic E-state index is 0.0137. The number of rotatable bonds is 10. The van der Waals surface area contributed by atoms with Gasteiger partial charge in [-0.3, -0.25) is 0 Å². The van der Waals surface area contributed by atoms with Crippen molar-refractivity contribution in [2.24, 2.45) is 0 Å². The monoisotopic (exact) mass is 885 g/mol. The van der Waals surface area contributed by atoms with Gasteiger partial charge in [0.1, 0.15) is 11.5 Å². The Labute approximate surface area is 404 Å². The molecule has 0 saturated heterocycles. The molecule has 336 valence electrons. The zero-order valence-electron chi connectivity index (χ0n) is 40.8. The van der Waals surface area contributed by atoms with Crippen LogP contribution in [0.15, 0.2) is 200 Å². The van der Waals surface area contributed by atoms with Gasteiger partial charge in [-0.25, -0.2) is 0 Å². The Kier molecular flexibility index (Phi) is 11.7. The largest absolute Gasteiger partial charge is 0.457 e. The van der Waals surface area contributed by atoms with E-state index in [0.29, 0.717) is 0 Å². The molecule has 7 aromatic carbocycles. The lowest BCUT2D eigenvalue weighted by molar-refractivity contribution is 0.478. The number of allylic oxidation sites excluding steroid dienone is 7. The van der Waals surface area contributed by atoms with Crippen LogP contribution in [-0.2, 0) is 5.41 Å². The topological polar surface area (TPSA) is 19.0 Å². The summed E-state index contributed by atoms with van der Waals surface area (Å²) in [4.78, 5) is 7.43. The maximum atomic E-state index is 6.31. The van der Waals surface area contributed by atoms with Crippen LogP contribution in [0.1, 0.15) is 73.9 Å². The van der Waals surface area contributed by atoms with Gasteiger partial charge in [-0.05, 0) is 188 Å². The second kappa shape index (κ2) is 18.0. The number of fused-ring (bicyclic) bond motifs is 4. The SMILES string of the molecule is C=C(/C=C\C(=C/C)N1c2ccc(C(C)(C)C)cc2B2c3ccc(N(C4=CCCC=C4)c4ccccc4)cc3N(c3ccc(C)cc3)c3cc(C)cc1c32)c1ccc(Oc2cc(C)ccc2C)cc1. The zero-order valence-corrected chi connectivity index (χ0v) is 40.8. The summed E-state index contributed by atoms with van der Waals surface area (Å²) in [6.07, 6.45) is 15.6. The average Bonchev–Trinajstić information content (AvgIpc) is 3.34. The van der Waals surface area contributed by atoms with Gasteiger partial charge in [-0.15, -0.1) is 0 Å². The fourth-order valence-corrected chi connectivity index (χ4v) is 10.0. The molecule has 0 aromatic heterocycles. The molecular weight excluding hydrogens is 826 g/mol. The lowest BCUT2D eigenvalue weighted by atomic mass is 9.33. The van der Waals surface area contributed by atoms with Gasteiger partial charge in [0.25, 0.3) is 6.71 Å². The summed E-state index contributed by atoms with van der Waals surface area (Å²) in [7, 11) is 0. The number of para-hydroxylation sites is 1. The molecule has 0 N–H and O–H groups in total. The maximum absolute atomic E-state index is 6.31. The van der Waals surface area contributed by atoms with E-state index in [0.717, 1.165) is 63.8 Å². The van der Waals surface area contributed by atoms with E-state index in [1.54, 1.807) is 0 Å². The first kappa shape index (κ1) is 44.3. The molecule has 5 heteroatoms. The van der Waals surface area contributed by atoms with Gasteiger partial charge in [0.2, 0.25) is 0 Å². The molecule has 0 spiro atoms. The number of benzene rings is 7. The van der Waals surface area contributed by atoms with Crippen molar-refractivity contribution >= 4 is 68.5 Å². The number of hydrogen-bond donors (Lipinski definition) is 0. The number of nitrogens with zero attached hydrogens (tertiary/aromatic N) is 3. The molecule has 0 amide bonds. The van der Waals surface area contributed by atoms with Crippen molar-refractivity contribution < 1.29 is 4.74 Å². The Hall–Kier alpha value is -7.50. The van der Waals surface area contributed by atoms with Gasteiger partial charge in [0.05, 0.1) is 0 Å². The normalized spacial score (nSPS) is 14.1. The summed E-state index contributed by atoms with van der Waals surface area (Å²) in [5, 5.41) is 0. The first-order valence-electron chi connectivity index (χ1n) is 24.1. The van der Waals surface area contributed by atoms with E-state index in [1.807, 2.05) is 12.1 Å². The standard InChI is InChI=1S/C63H60BN3O/c1-10-49(31-25-45(5)47-26-33-54(34-27-47)68-61-39-43(3)21-24-46(61)6)66-57-36-28-48(63(7,8)9)40-56(57)64-55-35-32-53(65(50-17-13-11-14-18-50)51-19-15-12-16-20-51)41-58(55)67(52-29-22-42(2)23-30-52)60-38-44(4)37-59(66)62(60)64/h10-11,13-15,17-41H,5,12,16H2,1-4,6-9H3/b31-25-,49-10+. The zero-order chi connectivity index (χ0) is 47.3. The predicted molar refractivity (Wildman–Crippen MR) is 292 cm³/mol. The van der Waals surface area contributed by atoms with Crippen LogP contribution in [0.2, 0.25) is 0 Å². The Bertz CT molecular complexity index is 3200. The van der Waals surface area contributed by atoms with Gasteiger partial charge in [0, 0.05) is 51.2 Å². The Balaban J connectivity index is 1.11. The van der Waals surface area contributed by atoms with Gasteiger partial charge in [-0.2, -0.15) is 0 Å². The summed E-state index contributed by atoms with van der Waals surface area (Å²) >= 11 is 0. The van der Waals surface area contributed by atoms with Crippen LogP contribution in [0.4, 0.5) is 39.8 Å². The minimum Gasteiger partial charge on any atom is -0.457 e. The molecule has 0 bridgehead atoms. The highest BCUT2D eigenvalue weighted by Gasteiger charge is 2.44. The Morgan fingerprint density at radius 3 is 2.13 bits per heavy atom. The van der Waals surface area contributed by atoms with Crippen LogP contribution < -0.4 is 35.8 Å². The third kappa shape index (κ3) is 8.32. The summed E-state index contributed by atoms with van der Waals surface area (Å²) in [5.74, 6) is 1.68. The van der Waals surface area contributed by atoms with Crippen molar-refractivity contribution in [2.75, 3.05) is 14.7 Å². The molecule has 0 radical (unpaired) electrons. The van der Waals surface area contributed by atoms with Crippen LogP contribution in [-0.4, -0.2) is 6.71 Å². The molecule has 2 heterocycles. The molecule has 0 saturated carbocycles. The predicted octanol–water partition coefficient (Wildman–Crippen LogP) is 15.3. The van der Waals surface area contributed by atoms with E-state index >= 15 is 0 Å². The van der Waals surface area contributed by atoms with Crippen molar-refractivity contribution in [1.82, 2.24) is 0 Å². The highest BCUT2D eigenvalue weighted by atomic mass is 16.5. The van der Waals surface area contributed by atoms with Gasteiger partial charge >= 0.3 is 0 Å². The van der Waals surface area contributed by atoms with E-state index in [2.05, 4.69) is 247 Å². The van der Waals surface area contributed by atoms with E-state index in [4.69, 9.17) is 4.74 Å². The number of ether oxygens (including phenoxy) is 1. The molecule has 0 fully saturated rings. The van der Waals surface area contributed by atoms with Gasteiger partial charge in [0.15, 0.2) is 0 Å². The summed E-state index contributed by atoms with van der Waals surface area (Å²) in [6.45, 7) is 22.2. The third-order valence-electron chi connectivity index (χ3n) is 13.7. The van der Waals surface area contributed by atoms with E-state index in [9.17, 15) is 0 Å². The van der Waals surface area contributed by atoms with Crippen LogP contribution in [0.5, 0.6) is 11.5 Å². The molecule has 0 unspecified atom stereocenters. The molecule has 10 rings (SSSR count). The number of aryl methyl sites for hydroxylation is 4. The smallest absolute Gasteiger partial charge is 0.252 e. The second-order valence-electron chi connectivity index (χ2n) is 19.7. The Morgan fingerprint density at radius 2 is 1.41 bits per heavy atom. The number of anilines is 7. The molecule has 0 atom stereocenters. The maximum Gasteiger partial charge on any atom is 0.252 e. The summed E-state index contributed by atoms with van der Waals surface area (Å²) < 4.78 is 6.31. The average molecular weight is 886 g/mol. The highest BCUT2D eigenvalue weighted by molar-refractivity contribution is 7.00. The second-order valence-corrected chi connectivity index (χ2v) is 19.7. The lowest BCUT2D eigenvalue weighted by Crippen LogP contribution is -2.62. The van der Waals surface area contributed by atoms with E-state index in [-0.39, 0.29) is 12.1 Å². The molecule has 4 nitrogen and oxygen atoms in total. The van der Waals surface area contributed by atoms with E-state index in [1.165, 1.54) is 67.1 Å². The fraction of sp³-hybridized carbons (Fsp3) is 0.175. The Morgan fingerprint density at radius 1 is 0.662 bits per heavy atom. The fourth-order valence-electron chi connectivity index (χ4n) is 10.0.